The molecule has 0 spiro atoms. The summed E-state index contributed by atoms with van der Waals surface area (Å²) < 4.78 is 7.40. The summed E-state index contributed by atoms with van der Waals surface area (Å²) in [7, 11) is 0. The number of hydrogen-bond acceptors (Lipinski definition) is 8. The molecule has 0 amide bonds. The van der Waals surface area contributed by atoms with E-state index < -0.39 is 30.6 Å². The van der Waals surface area contributed by atoms with Crippen molar-refractivity contribution in [3.05, 3.63) is 12.7 Å². The fraction of sp³-hybridized carbons (Fsp3) is 0.688. The first-order valence-electron chi connectivity index (χ1n) is 8.74. The van der Waals surface area contributed by atoms with Gasteiger partial charge >= 0.3 is 0 Å². The summed E-state index contributed by atoms with van der Waals surface area (Å²) in [5, 5.41) is 33.7. The lowest BCUT2D eigenvalue weighted by atomic mass is 10.1. The lowest BCUT2D eigenvalue weighted by molar-refractivity contribution is -0.0355. The van der Waals surface area contributed by atoms with Gasteiger partial charge in [-0.05, 0) is 25.7 Å². The summed E-state index contributed by atoms with van der Waals surface area (Å²) in [6, 6.07) is -0.0529. The Balaban J connectivity index is 1.65. The topological polar surface area (TPSA) is 126 Å². The van der Waals surface area contributed by atoms with Crippen molar-refractivity contribution >= 4 is 17.0 Å². The van der Waals surface area contributed by atoms with Crippen molar-refractivity contribution in [1.82, 2.24) is 19.5 Å². The van der Waals surface area contributed by atoms with Crippen LogP contribution in [-0.2, 0) is 4.74 Å². The summed E-state index contributed by atoms with van der Waals surface area (Å²) in [6.07, 6.45) is 2.62. The van der Waals surface area contributed by atoms with Crippen molar-refractivity contribution in [3.8, 4) is 0 Å². The Morgan fingerprint density at radius 2 is 2.04 bits per heavy atom. The molecule has 6 atom stereocenters. The molecule has 1 aliphatic carbocycles. The summed E-state index contributed by atoms with van der Waals surface area (Å²) in [5.41, 5.74) is 1.06. The quantitative estimate of drug-likeness (QED) is 0.616. The van der Waals surface area contributed by atoms with Gasteiger partial charge in [-0.1, -0.05) is 6.92 Å². The average Bonchev–Trinajstić information content (AvgIpc) is 3.29. The third kappa shape index (κ3) is 2.77. The zero-order valence-corrected chi connectivity index (χ0v) is 14.0. The van der Waals surface area contributed by atoms with Crippen LogP contribution in [0.5, 0.6) is 0 Å². The summed E-state index contributed by atoms with van der Waals surface area (Å²) >= 11 is 0. The predicted octanol–water partition coefficient (Wildman–Crippen LogP) is 0.181. The van der Waals surface area contributed by atoms with E-state index in [-0.39, 0.29) is 6.04 Å². The Bertz CT molecular complexity index is 753. The lowest BCUT2D eigenvalue weighted by Crippen LogP contribution is -2.31. The molecule has 2 aromatic heterocycles. The highest BCUT2D eigenvalue weighted by Gasteiger charge is 2.43. The Labute approximate surface area is 144 Å². The maximum absolute atomic E-state index is 10.3. The first kappa shape index (κ1) is 16.6. The van der Waals surface area contributed by atoms with Crippen molar-refractivity contribution in [2.24, 2.45) is 0 Å². The molecule has 2 fully saturated rings. The summed E-state index contributed by atoms with van der Waals surface area (Å²) in [6.45, 7) is 1.89. The van der Waals surface area contributed by atoms with Gasteiger partial charge in [0.25, 0.3) is 0 Å². The SMILES string of the molecule is CC[C@H]1O[C@@H](n2cnc3c(NC4CCCC4O)ncnc32)[C@H](O)[C@@H]1O. The molecule has 2 aliphatic rings. The third-order valence-electron chi connectivity index (χ3n) is 5.17. The normalized spacial score (nSPS) is 35.5. The number of rotatable bonds is 4. The number of nitrogens with zero attached hydrogens (tertiary/aromatic N) is 4. The van der Waals surface area contributed by atoms with Gasteiger partial charge in [-0.3, -0.25) is 4.57 Å². The molecule has 0 radical (unpaired) electrons. The molecule has 2 aromatic rings. The molecule has 0 bridgehead atoms. The second-order valence-corrected chi connectivity index (χ2v) is 6.75. The fourth-order valence-corrected chi connectivity index (χ4v) is 3.72. The molecule has 1 aliphatic heterocycles. The maximum atomic E-state index is 10.3. The Hall–Kier alpha value is -1.81. The second kappa shape index (κ2) is 6.49. The number of nitrogens with one attached hydrogen (secondary N) is 1. The molecule has 3 heterocycles. The van der Waals surface area contributed by atoms with Gasteiger partial charge in [0.1, 0.15) is 18.5 Å². The minimum atomic E-state index is -1.05. The summed E-state index contributed by atoms with van der Waals surface area (Å²) in [4.78, 5) is 12.9. The Morgan fingerprint density at radius 3 is 2.72 bits per heavy atom. The molecule has 136 valence electrons. The van der Waals surface area contributed by atoms with E-state index in [9.17, 15) is 15.3 Å². The van der Waals surface area contributed by atoms with Gasteiger partial charge < -0.3 is 25.4 Å². The number of aliphatic hydroxyl groups is 3. The molecule has 4 rings (SSSR count). The van der Waals surface area contributed by atoms with Gasteiger partial charge in [0, 0.05) is 0 Å². The zero-order valence-electron chi connectivity index (χ0n) is 14.0. The number of fused-ring (bicyclic) bond motifs is 1. The van der Waals surface area contributed by atoms with E-state index in [0.717, 1.165) is 19.3 Å². The molecule has 9 heteroatoms. The van der Waals surface area contributed by atoms with Gasteiger partial charge in [-0.15, -0.1) is 0 Å². The Morgan fingerprint density at radius 1 is 1.20 bits per heavy atom. The van der Waals surface area contributed by atoms with Crippen molar-refractivity contribution in [3.63, 3.8) is 0 Å². The lowest BCUT2D eigenvalue weighted by Gasteiger charge is -2.18. The van der Waals surface area contributed by atoms with E-state index >= 15 is 0 Å². The van der Waals surface area contributed by atoms with E-state index in [1.54, 1.807) is 4.57 Å². The standard InChI is InChI=1S/C16H23N5O4/c1-2-10-12(23)13(24)16(25-10)21-7-19-11-14(17-6-18-15(11)21)20-8-4-3-5-9(8)22/h6-10,12-13,16,22-24H,2-5H2,1H3,(H,17,18,20)/t8?,9?,10-,12-,13-,16-/m1/s1. The minimum Gasteiger partial charge on any atom is -0.391 e. The van der Waals surface area contributed by atoms with Crippen LogP contribution in [0.1, 0.15) is 38.8 Å². The molecule has 4 N–H and O–H groups in total. The van der Waals surface area contributed by atoms with Gasteiger partial charge in [0.05, 0.1) is 24.6 Å². The van der Waals surface area contributed by atoms with Gasteiger partial charge in [-0.2, -0.15) is 0 Å². The van der Waals surface area contributed by atoms with Crippen LogP contribution in [0.3, 0.4) is 0 Å². The highest BCUT2D eigenvalue weighted by Crippen LogP contribution is 2.33. The molecular formula is C16H23N5O4. The van der Waals surface area contributed by atoms with Gasteiger partial charge in [-0.25, -0.2) is 15.0 Å². The minimum absolute atomic E-state index is 0.0529. The van der Waals surface area contributed by atoms with Crippen molar-refractivity contribution in [2.75, 3.05) is 5.32 Å². The van der Waals surface area contributed by atoms with Crippen LogP contribution in [0.25, 0.3) is 11.2 Å². The highest BCUT2D eigenvalue weighted by atomic mass is 16.6. The zero-order chi connectivity index (χ0) is 17.6. The molecule has 0 aromatic carbocycles. The molecule has 1 saturated carbocycles. The molecule has 25 heavy (non-hydrogen) atoms. The maximum Gasteiger partial charge on any atom is 0.167 e. The highest BCUT2D eigenvalue weighted by molar-refractivity contribution is 5.82. The first-order valence-corrected chi connectivity index (χ1v) is 8.74. The smallest absolute Gasteiger partial charge is 0.167 e. The van der Waals surface area contributed by atoms with Gasteiger partial charge in [0.2, 0.25) is 0 Å². The van der Waals surface area contributed by atoms with Crippen LogP contribution in [0.4, 0.5) is 5.82 Å². The van der Waals surface area contributed by atoms with E-state index in [2.05, 4.69) is 20.3 Å². The predicted molar refractivity (Wildman–Crippen MR) is 88.8 cm³/mol. The first-order chi connectivity index (χ1) is 12.1. The van der Waals surface area contributed by atoms with Crippen LogP contribution in [0, 0.1) is 0 Å². The van der Waals surface area contributed by atoms with Crippen LogP contribution in [-0.4, -0.2) is 65.3 Å². The van der Waals surface area contributed by atoms with Crippen molar-refractivity contribution in [1.29, 1.82) is 0 Å². The number of hydrogen-bond donors (Lipinski definition) is 4. The monoisotopic (exact) mass is 349 g/mol. The van der Waals surface area contributed by atoms with Crippen LogP contribution < -0.4 is 5.32 Å². The summed E-state index contributed by atoms with van der Waals surface area (Å²) in [5.74, 6) is 0.551. The van der Waals surface area contributed by atoms with Gasteiger partial charge in [0.15, 0.2) is 23.2 Å². The second-order valence-electron chi connectivity index (χ2n) is 6.75. The number of aliphatic hydroxyl groups excluding tert-OH is 3. The van der Waals surface area contributed by atoms with E-state index in [0.29, 0.717) is 23.4 Å². The van der Waals surface area contributed by atoms with Crippen LogP contribution in [0.15, 0.2) is 12.7 Å². The van der Waals surface area contributed by atoms with E-state index in [4.69, 9.17) is 4.74 Å². The number of imidazole rings is 1. The average molecular weight is 349 g/mol. The van der Waals surface area contributed by atoms with Crippen molar-refractivity contribution in [2.45, 2.75) is 69.3 Å². The van der Waals surface area contributed by atoms with Crippen LogP contribution in [0.2, 0.25) is 0 Å². The number of ether oxygens (including phenoxy) is 1. The molecule has 2 unspecified atom stereocenters. The van der Waals surface area contributed by atoms with Crippen molar-refractivity contribution < 1.29 is 20.1 Å². The van der Waals surface area contributed by atoms with E-state index in [1.807, 2.05) is 6.92 Å². The molecule has 9 nitrogen and oxygen atoms in total. The molecule has 1 saturated heterocycles. The third-order valence-corrected chi connectivity index (χ3v) is 5.17. The number of aromatic nitrogens is 4. The van der Waals surface area contributed by atoms with E-state index in [1.165, 1.54) is 12.7 Å². The molecular weight excluding hydrogens is 326 g/mol. The largest absolute Gasteiger partial charge is 0.391 e. The van der Waals surface area contributed by atoms with Crippen LogP contribution >= 0.6 is 0 Å². The Kier molecular flexibility index (Phi) is 4.32. The fourth-order valence-electron chi connectivity index (χ4n) is 3.72. The number of anilines is 1.